The summed E-state index contributed by atoms with van der Waals surface area (Å²) in [7, 11) is 0. The molecule has 0 aromatic carbocycles. The third kappa shape index (κ3) is 2.67. The topological polar surface area (TPSA) is 69.9 Å². The molecule has 1 saturated carbocycles. The number of amides is 2. The number of urea groups is 1. The fourth-order valence-corrected chi connectivity index (χ4v) is 3.65. The molecule has 2 amide bonds. The molecule has 2 N–H and O–H groups in total. The van der Waals surface area contributed by atoms with Crippen molar-refractivity contribution in [3.63, 3.8) is 0 Å². The molecule has 2 fully saturated rings. The summed E-state index contributed by atoms with van der Waals surface area (Å²) < 4.78 is 1.88. The Bertz CT molecular complexity index is 714. The highest BCUT2D eigenvalue weighted by Gasteiger charge is 2.42. The van der Waals surface area contributed by atoms with Crippen LogP contribution in [0.1, 0.15) is 32.1 Å². The second-order valence-electron chi connectivity index (χ2n) is 6.76. The summed E-state index contributed by atoms with van der Waals surface area (Å²) in [6, 6.07) is 3.64. The third-order valence-electron chi connectivity index (χ3n) is 5.42. The van der Waals surface area contributed by atoms with Gasteiger partial charge >= 0.3 is 6.03 Å². The molecule has 1 saturated heterocycles. The van der Waals surface area contributed by atoms with Crippen molar-refractivity contribution in [2.75, 3.05) is 18.4 Å². The van der Waals surface area contributed by atoms with Crippen LogP contribution in [-0.2, 0) is 0 Å². The van der Waals surface area contributed by atoms with Crippen LogP contribution in [0.4, 0.5) is 10.5 Å². The number of carbonyl (C=O) groups excluding carboxylic acids is 1. The Morgan fingerprint density at radius 3 is 2.78 bits per heavy atom. The van der Waals surface area contributed by atoms with Gasteiger partial charge < -0.3 is 19.7 Å². The quantitative estimate of drug-likeness (QED) is 0.895. The Hall–Kier alpha value is -2.08. The van der Waals surface area contributed by atoms with Crippen molar-refractivity contribution in [2.45, 2.75) is 37.7 Å². The second-order valence-corrected chi connectivity index (χ2v) is 6.76. The number of likely N-dealkylation sites (tertiary alicyclic amines) is 1. The number of pyridine rings is 1. The van der Waals surface area contributed by atoms with E-state index in [0.717, 1.165) is 24.2 Å². The summed E-state index contributed by atoms with van der Waals surface area (Å²) in [5.74, 6) is 0.441. The SMILES string of the molecule is O=C(Nc1ccc2nccn2c1)N1CCC(O)(C2CCC2)CC1. The minimum Gasteiger partial charge on any atom is -0.389 e. The number of imidazole rings is 1. The standard InChI is InChI=1S/C17H22N4O2/c22-16(19-14-4-5-15-18-8-11-21(15)12-14)20-9-6-17(23,7-10-20)13-2-1-3-13/h4-5,8,11-13,23H,1-3,6-7,9-10H2,(H,19,22). The molecule has 0 atom stereocenters. The minimum absolute atomic E-state index is 0.0971. The molecule has 6 nitrogen and oxygen atoms in total. The van der Waals surface area contributed by atoms with Crippen LogP contribution in [0.25, 0.3) is 5.65 Å². The summed E-state index contributed by atoms with van der Waals surface area (Å²) >= 11 is 0. The number of nitrogens with zero attached hydrogens (tertiary/aromatic N) is 3. The molecule has 2 aromatic heterocycles. The second kappa shape index (κ2) is 5.53. The maximum Gasteiger partial charge on any atom is 0.321 e. The lowest BCUT2D eigenvalue weighted by atomic mass is 9.69. The van der Waals surface area contributed by atoms with Gasteiger partial charge in [-0.2, -0.15) is 0 Å². The summed E-state index contributed by atoms with van der Waals surface area (Å²) in [4.78, 5) is 18.4. The predicted molar refractivity (Wildman–Crippen MR) is 87.3 cm³/mol. The molecular formula is C17H22N4O2. The van der Waals surface area contributed by atoms with E-state index in [-0.39, 0.29) is 6.03 Å². The predicted octanol–water partition coefficient (Wildman–Crippen LogP) is 2.49. The highest BCUT2D eigenvalue weighted by molar-refractivity contribution is 5.89. The normalized spacial score (nSPS) is 21.2. The van der Waals surface area contributed by atoms with E-state index in [1.54, 1.807) is 11.1 Å². The molecule has 4 rings (SSSR count). The molecule has 0 unspecified atom stereocenters. The minimum atomic E-state index is -0.551. The first-order valence-electron chi connectivity index (χ1n) is 8.35. The highest BCUT2D eigenvalue weighted by atomic mass is 16.3. The zero-order valence-electron chi connectivity index (χ0n) is 13.1. The number of hydrogen-bond donors (Lipinski definition) is 2. The van der Waals surface area contributed by atoms with E-state index < -0.39 is 5.60 Å². The average Bonchev–Trinajstić information content (AvgIpc) is 2.93. The lowest BCUT2D eigenvalue weighted by Crippen LogP contribution is -2.52. The lowest BCUT2D eigenvalue weighted by molar-refractivity contribution is -0.0845. The monoisotopic (exact) mass is 314 g/mol. The van der Waals surface area contributed by atoms with Gasteiger partial charge in [-0.05, 0) is 43.7 Å². The summed E-state index contributed by atoms with van der Waals surface area (Å²) in [5.41, 5.74) is 1.05. The van der Waals surface area contributed by atoms with Gasteiger partial charge in [0.05, 0.1) is 11.3 Å². The van der Waals surface area contributed by atoms with Crippen molar-refractivity contribution in [3.8, 4) is 0 Å². The van der Waals surface area contributed by atoms with Crippen molar-refractivity contribution in [1.29, 1.82) is 0 Å². The third-order valence-corrected chi connectivity index (χ3v) is 5.42. The molecule has 122 valence electrons. The van der Waals surface area contributed by atoms with Crippen LogP contribution in [0, 0.1) is 5.92 Å². The van der Waals surface area contributed by atoms with Crippen LogP contribution < -0.4 is 5.32 Å². The lowest BCUT2D eigenvalue weighted by Gasteiger charge is -2.46. The van der Waals surface area contributed by atoms with Gasteiger partial charge in [0.15, 0.2) is 0 Å². The van der Waals surface area contributed by atoms with Gasteiger partial charge in [-0.15, -0.1) is 0 Å². The van der Waals surface area contributed by atoms with Gasteiger partial charge in [0.1, 0.15) is 5.65 Å². The first-order chi connectivity index (χ1) is 11.1. The molecule has 0 bridgehead atoms. The molecule has 6 heteroatoms. The zero-order valence-corrected chi connectivity index (χ0v) is 13.1. The van der Waals surface area contributed by atoms with E-state index in [4.69, 9.17) is 0 Å². The molecule has 1 aliphatic heterocycles. The Kier molecular flexibility index (Phi) is 3.49. The van der Waals surface area contributed by atoms with Gasteiger partial charge in [0, 0.05) is 31.7 Å². The van der Waals surface area contributed by atoms with Gasteiger partial charge in [0.25, 0.3) is 0 Å². The molecule has 3 heterocycles. The smallest absolute Gasteiger partial charge is 0.321 e. The number of rotatable bonds is 2. The van der Waals surface area contributed by atoms with Crippen molar-refractivity contribution >= 4 is 17.4 Å². The fraction of sp³-hybridized carbons (Fsp3) is 0.529. The van der Waals surface area contributed by atoms with Crippen molar-refractivity contribution < 1.29 is 9.90 Å². The van der Waals surface area contributed by atoms with Crippen LogP contribution in [0.15, 0.2) is 30.7 Å². The maximum absolute atomic E-state index is 12.4. The van der Waals surface area contributed by atoms with Crippen LogP contribution in [0.3, 0.4) is 0 Å². The van der Waals surface area contributed by atoms with Crippen molar-refractivity contribution in [1.82, 2.24) is 14.3 Å². The summed E-state index contributed by atoms with van der Waals surface area (Å²) in [6.45, 7) is 1.23. The molecule has 0 spiro atoms. The number of nitrogens with one attached hydrogen (secondary N) is 1. The van der Waals surface area contributed by atoms with E-state index >= 15 is 0 Å². The Morgan fingerprint density at radius 2 is 2.09 bits per heavy atom. The fourth-order valence-electron chi connectivity index (χ4n) is 3.65. The number of aliphatic hydroxyl groups is 1. The van der Waals surface area contributed by atoms with Gasteiger partial charge in [0.2, 0.25) is 0 Å². The molecule has 1 aliphatic carbocycles. The van der Waals surface area contributed by atoms with E-state index in [0.29, 0.717) is 31.8 Å². The van der Waals surface area contributed by atoms with E-state index in [2.05, 4.69) is 10.3 Å². The first kappa shape index (κ1) is 14.5. The van der Waals surface area contributed by atoms with Gasteiger partial charge in [-0.1, -0.05) is 6.42 Å². The maximum atomic E-state index is 12.4. The Morgan fingerprint density at radius 1 is 1.30 bits per heavy atom. The number of piperidine rings is 1. The number of carbonyl (C=O) groups is 1. The van der Waals surface area contributed by atoms with E-state index in [1.165, 1.54) is 6.42 Å². The van der Waals surface area contributed by atoms with Crippen molar-refractivity contribution in [3.05, 3.63) is 30.7 Å². The number of aromatic nitrogens is 2. The molecule has 2 aliphatic rings. The molecule has 23 heavy (non-hydrogen) atoms. The number of fused-ring (bicyclic) bond motifs is 1. The van der Waals surface area contributed by atoms with Gasteiger partial charge in [-0.25, -0.2) is 9.78 Å². The van der Waals surface area contributed by atoms with Crippen LogP contribution in [0.5, 0.6) is 0 Å². The number of anilines is 1. The summed E-state index contributed by atoms with van der Waals surface area (Å²) in [6.07, 6.45) is 10.3. The number of hydrogen-bond acceptors (Lipinski definition) is 3. The average molecular weight is 314 g/mol. The summed E-state index contributed by atoms with van der Waals surface area (Å²) in [5, 5.41) is 13.6. The van der Waals surface area contributed by atoms with Crippen LogP contribution in [0.2, 0.25) is 0 Å². The van der Waals surface area contributed by atoms with Crippen LogP contribution in [-0.4, -0.2) is 44.1 Å². The molecule has 2 aromatic rings. The van der Waals surface area contributed by atoms with Crippen molar-refractivity contribution in [2.24, 2.45) is 5.92 Å². The van der Waals surface area contributed by atoms with E-state index in [9.17, 15) is 9.90 Å². The Balaban J connectivity index is 1.38. The van der Waals surface area contributed by atoms with E-state index in [1.807, 2.05) is 28.9 Å². The highest BCUT2D eigenvalue weighted by Crippen LogP contribution is 2.41. The zero-order chi connectivity index (χ0) is 15.9. The van der Waals surface area contributed by atoms with Gasteiger partial charge in [-0.3, -0.25) is 0 Å². The Labute approximate surface area is 135 Å². The largest absolute Gasteiger partial charge is 0.389 e. The van der Waals surface area contributed by atoms with Crippen LogP contribution >= 0.6 is 0 Å². The first-order valence-corrected chi connectivity index (χ1v) is 8.35. The molecular weight excluding hydrogens is 292 g/mol. The molecule has 0 radical (unpaired) electrons.